The van der Waals surface area contributed by atoms with Gasteiger partial charge in [0.25, 0.3) is 0 Å². The van der Waals surface area contributed by atoms with Crippen LogP contribution < -0.4 is 0 Å². The van der Waals surface area contributed by atoms with E-state index in [0.29, 0.717) is 6.61 Å². The van der Waals surface area contributed by atoms with E-state index in [1.165, 1.54) is 12.5 Å². The lowest BCUT2D eigenvalue weighted by Gasteiger charge is -2.16. The average Bonchev–Trinajstić information content (AvgIpc) is 1.90. The van der Waals surface area contributed by atoms with Crippen molar-refractivity contribution in [3.05, 3.63) is 12.5 Å². The molecule has 1 heterocycles. The summed E-state index contributed by atoms with van der Waals surface area (Å²) < 4.78 is 9.68. The van der Waals surface area contributed by atoms with Gasteiger partial charge in [-0.3, -0.25) is 0 Å². The van der Waals surface area contributed by atoms with Crippen LogP contribution in [-0.4, -0.2) is 24.4 Å². The smallest absolute Gasteiger partial charge is 0.155 e. The van der Waals surface area contributed by atoms with E-state index in [4.69, 9.17) is 14.6 Å². The van der Waals surface area contributed by atoms with Crippen LogP contribution in [0.25, 0.3) is 0 Å². The quantitative estimate of drug-likeness (QED) is 0.518. The van der Waals surface area contributed by atoms with Crippen LogP contribution in [0.5, 0.6) is 0 Å². The molecular formula is C5H8O3. The third-order valence-corrected chi connectivity index (χ3v) is 0.909. The molecule has 0 aromatic rings. The van der Waals surface area contributed by atoms with Crippen molar-refractivity contribution in [1.29, 1.82) is 0 Å². The van der Waals surface area contributed by atoms with E-state index >= 15 is 0 Å². The Bertz CT molecular complexity index is 89.7. The molecule has 0 spiro atoms. The number of ether oxygens (including phenoxy) is 2. The molecule has 1 aliphatic heterocycles. The third-order valence-electron chi connectivity index (χ3n) is 0.909. The van der Waals surface area contributed by atoms with Crippen molar-refractivity contribution in [2.45, 2.75) is 6.10 Å². The van der Waals surface area contributed by atoms with Crippen LogP contribution >= 0.6 is 0 Å². The predicted octanol–water partition coefficient (Wildman–Crippen LogP) is -0.135. The van der Waals surface area contributed by atoms with Crippen molar-refractivity contribution in [2.24, 2.45) is 0 Å². The van der Waals surface area contributed by atoms with Crippen LogP contribution in [0.15, 0.2) is 12.5 Å². The van der Waals surface area contributed by atoms with Gasteiger partial charge in [0.1, 0.15) is 19.1 Å². The molecule has 1 N–H and O–H groups in total. The van der Waals surface area contributed by atoms with Crippen molar-refractivity contribution in [3.8, 4) is 0 Å². The maximum atomic E-state index is 8.45. The fourth-order valence-corrected chi connectivity index (χ4v) is 0.480. The van der Waals surface area contributed by atoms with Crippen LogP contribution in [-0.2, 0) is 9.47 Å². The molecule has 3 heteroatoms. The van der Waals surface area contributed by atoms with Crippen LogP contribution in [0, 0.1) is 0 Å². The molecule has 1 unspecified atom stereocenters. The Morgan fingerprint density at radius 2 is 2.50 bits per heavy atom. The summed E-state index contributed by atoms with van der Waals surface area (Å²) in [6.07, 6.45) is 2.73. The van der Waals surface area contributed by atoms with Gasteiger partial charge >= 0.3 is 0 Å². The number of hydrogen-bond acceptors (Lipinski definition) is 3. The molecule has 46 valence electrons. The Morgan fingerprint density at radius 1 is 1.62 bits per heavy atom. The summed E-state index contributed by atoms with van der Waals surface area (Å²) in [5, 5.41) is 8.45. The Labute approximate surface area is 47.5 Å². The van der Waals surface area contributed by atoms with Gasteiger partial charge in [-0.1, -0.05) is 0 Å². The second-order valence-corrected chi connectivity index (χ2v) is 1.55. The van der Waals surface area contributed by atoms with E-state index in [1.807, 2.05) is 0 Å². The highest BCUT2D eigenvalue weighted by atomic mass is 16.6. The third kappa shape index (κ3) is 1.13. The Morgan fingerprint density at radius 3 is 2.88 bits per heavy atom. The van der Waals surface area contributed by atoms with Crippen LogP contribution in [0.4, 0.5) is 0 Å². The minimum absolute atomic E-state index is 0.0182. The molecule has 0 saturated carbocycles. The van der Waals surface area contributed by atoms with Crippen molar-refractivity contribution < 1.29 is 14.6 Å². The van der Waals surface area contributed by atoms with Crippen LogP contribution in [0.3, 0.4) is 0 Å². The lowest BCUT2D eigenvalue weighted by Crippen LogP contribution is -2.23. The highest BCUT2D eigenvalue weighted by molar-refractivity contribution is 4.71. The minimum Gasteiger partial charge on any atom is -0.494 e. The molecule has 0 radical (unpaired) electrons. The highest BCUT2D eigenvalue weighted by Crippen LogP contribution is 1.99. The number of aliphatic hydroxyl groups excluding tert-OH is 1. The lowest BCUT2D eigenvalue weighted by molar-refractivity contribution is -0.000698. The fraction of sp³-hybridized carbons (Fsp3) is 0.600. The van der Waals surface area contributed by atoms with Gasteiger partial charge in [0.15, 0.2) is 6.10 Å². The summed E-state index contributed by atoms with van der Waals surface area (Å²) >= 11 is 0. The van der Waals surface area contributed by atoms with Gasteiger partial charge in [-0.15, -0.1) is 0 Å². The molecule has 3 nitrogen and oxygen atoms in total. The largest absolute Gasteiger partial charge is 0.494 e. The zero-order valence-electron chi connectivity index (χ0n) is 4.41. The van der Waals surface area contributed by atoms with E-state index in [-0.39, 0.29) is 12.7 Å². The zero-order chi connectivity index (χ0) is 5.82. The maximum Gasteiger partial charge on any atom is 0.155 e. The second kappa shape index (κ2) is 2.57. The van der Waals surface area contributed by atoms with Crippen LogP contribution in [0.1, 0.15) is 0 Å². The number of aliphatic hydroxyl groups is 1. The van der Waals surface area contributed by atoms with Gasteiger partial charge in [-0.25, -0.2) is 0 Å². The first-order valence-corrected chi connectivity index (χ1v) is 2.46. The van der Waals surface area contributed by atoms with Crippen molar-refractivity contribution >= 4 is 0 Å². The Hall–Kier alpha value is -0.700. The molecule has 0 amide bonds. The van der Waals surface area contributed by atoms with Gasteiger partial charge in [0.05, 0.1) is 6.61 Å². The molecule has 0 saturated heterocycles. The number of rotatable bonds is 1. The summed E-state index contributed by atoms with van der Waals surface area (Å²) in [5.74, 6) is 0. The van der Waals surface area contributed by atoms with E-state index in [2.05, 4.69) is 0 Å². The zero-order valence-corrected chi connectivity index (χ0v) is 4.41. The van der Waals surface area contributed by atoms with E-state index in [0.717, 1.165) is 0 Å². The summed E-state index contributed by atoms with van der Waals surface area (Å²) in [5.41, 5.74) is 0. The highest BCUT2D eigenvalue weighted by Gasteiger charge is 2.08. The topological polar surface area (TPSA) is 38.7 Å². The summed E-state index contributed by atoms with van der Waals surface area (Å²) in [6.45, 7) is 0.470. The summed E-state index contributed by atoms with van der Waals surface area (Å²) in [7, 11) is 0. The van der Waals surface area contributed by atoms with Gasteiger partial charge < -0.3 is 14.6 Å². The molecule has 0 aromatic heterocycles. The van der Waals surface area contributed by atoms with Gasteiger partial charge in [0, 0.05) is 0 Å². The number of hydrogen-bond donors (Lipinski definition) is 1. The van der Waals surface area contributed by atoms with Gasteiger partial charge in [-0.2, -0.15) is 0 Å². The first-order chi connectivity index (χ1) is 3.93. The molecule has 1 atom stereocenters. The summed E-state index contributed by atoms with van der Waals surface area (Å²) in [6, 6.07) is 0. The fourth-order valence-electron chi connectivity index (χ4n) is 0.480. The molecule has 0 aliphatic carbocycles. The summed E-state index contributed by atoms with van der Waals surface area (Å²) in [4.78, 5) is 0. The van der Waals surface area contributed by atoms with Crippen molar-refractivity contribution in [3.63, 3.8) is 0 Å². The molecule has 8 heavy (non-hydrogen) atoms. The maximum absolute atomic E-state index is 8.45. The van der Waals surface area contributed by atoms with E-state index in [9.17, 15) is 0 Å². The van der Waals surface area contributed by atoms with E-state index < -0.39 is 0 Å². The van der Waals surface area contributed by atoms with Crippen molar-refractivity contribution in [1.82, 2.24) is 0 Å². The van der Waals surface area contributed by atoms with Gasteiger partial charge in [-0.05, 0) is 0 Å². The normalized spacial score (nSPS) is 26.4. The first-order valence-electron chi connectivity index (χ1n) is 2.46. The molecule has 1 rings (SSSR count). The predicted molar refractivity (Wildman–Crippen MR) is 27.1 cm³/mol. The second-order valence-electron chi connectivity index (χ2n) is 1.55. The molecule has 0 aromatic carbocycles. The molecule has 1 aliphatic rings. The van der Waals surface area contributed by atoms with Gasteiger partial charge in [0.2, 0.25) is 0 Å². The first kappa shape index (κ1) is 5.44. The molecule has 0 fully saturated rings. The molecule has 0 bridgehead atoms. The molecular weight excluding hydrogens is 108 g/mol. The van der Waals surface area contributed by atoms with Crippen LogP contribution in [0.2, 0.25) is 0 Å². The average molecular weight is 116 g/mol. The monoisotopic (exact) mass is 116 g/mol. The Kier molecular flexibility index (Phi) is 1.75. The Balaban J connectivity index is 2.27. The SMILES string of the molecule is OCC1COC=CO1. The lowest BCUT2D eigenvalue weighted by atomic mass is 10.4. The standard InChI is InChI=1S/C5H8O3/c6-3-5-4-7-1-2-8-5/h1-2,5-6H,3-4H2. The van der Waals surface area contributed by atoms with Crippen molar-refractivity contribution in [2.75, 3.05) is 13.2 Å². The minimum atomic E-state index is -0.167. The van der Waals surface area contributed by atoms with E-state index in [1.54, 1.807) is 0 Å².